The molecule has 0 amide bonds. The predicted molar refractivity (Wildman–Crippen MR) is 74.2 cm³/mol. The molecule has 17 heavy (non-hydrogen) atoms. The SMILES string of the molecule is Nc1ccc(CCOc2ccccc2Br)cc1. The van der Waals surface area contributed by atoms with Gasteiger partial charge in [-0.3, -0.25) is 0 Å². The first-order chi connectivity index (χ1) is 8.25. The third-order valence-corrected chi connectivity index (χ3v) is 3.12. The molecule has 0 saturated carbocycles. The van der Waals surface area contributed by atoms with Crippen molar-refractivity contribution >= 4 is 21.6 Å². The highest BCUT2D eigenvalue weighted by Crippen LogP contribution is 2.23. The first-order valence-corrected chi connectivity index (χ1v) is 6.27. The van der Waals surface area contributed by atoms with Gasteiger partial charge in [0.1, 0.15) is 5.75 Å². The number of nitrogens with two attached hydrogens (primary N) is 1. The van der Waals surface area contributed by atoms with Crippen molar-refractivity contribution in [3.63, 3.8) is 0 Å². The first-order valence-electron chi connectivity index (χ1n) is 5.47. The topological polar surface area (TPSA) is 35.2 Å². The Morgan fingerprint density at radius 2 is 1.71 bits per heavy atom. The lowest BCUT2D eigenvalue weighted by Gasteiger charge is -2.08. The maximum absolute atomic E-state index is 5.69. The molecule has 88 valence electrons. The van der Waals surface area contributed by atoms with E-state index in [0.29, 0.717) is 6.61 Å². The van der Waals surface area contributed by atoms with Gasteiger partial charge in [-0.25, -0.2) is 0 Å². The summed E-state index contributed by atoms with van der Waals surface area (Å²) in [5, 5.41) is 0. The number of anilines is 1. The van der Waals surface area contributed by atoms with E-state index >= 15 is 0 Å². The Bertz CT molecular complexity index is 482. The fraction of sp³-hybridized carbons (Fsp3) is 0.143. The normalized spacial score (nSPS) is 10.2. The zero-order chi connectivity index (χ0) is 12.1. The number of hydrogen-bond donors (Lipinski definition) is 1. The van der Waals surface area contributed by atoms with Crippen LogP contribution >= 0.6 is 15.9 Å². The molecular weight excluding hydrogens is 278 g/mol. The lowest BCUT2D eigenvalue weighted by atomic mass is 10.1. The molecule has 2 nitrogen and oxygen atoms in total. The standard InChI is InChI=1S/C14H14BrNO/c15-13-3-1-2-4-14(13)17-10-9-11-5-7-12(16)8-6-11/h1-8H,9-10,16H2. The van der Waals surface area contributed by atoms with Crippen LogP contribution in [-0.2, 0) is 6.42 Å². The number of rotatable bonds is 4. The van der Waals surface area contributed by atoms with Crippen molar-refractivity contribution in [2.75, 3.05) is 12.3 Å². The van der Waals surface area contributed by atoms with Gasteiger partial charge < -0.3 is 10.5 Å². The number of halogens is 1. The maximum Gasteiger partial charge on any atom is 0.133 e. The molecule has 0 aliphatic carbocycles. The molecule has 0 unspecified atom stereocenters. The van der Waals surface area contributed by atoms with Crippen molar-refractivity contribution < 1.29 is 4.74 Å². The van der Waals surface area contributed by atoms with Gasteiger partial charge in [-0.05, 0) is 45.8 Å². The molecule has 0 aliphatic heterocycles. The van der Waals surface area contributed by atoms with Gasteiger partial charge in [0, 0.05) is 12.1 Å². The second kappa shape index (κ2) is 5.73. The van der Waals surface area contributed by atoms with Gasteiger partial charge in [-0.2, -0.15) is 0 Å². The fourth-order valence-electron chi connectivity index (χ4n) is 1.52. The molecule has 0 fully saturated rings. The van der Waals surface area contributed by atoms with E-state index in [1.807, 2.05) is 48.5 Å². The van der Waals surface area contributed by atoms with E-state index in [2.05, 4.69) is 15.9 Å². The van der Waals surface area contributed by atoms with E-state index in [9.17, 15) is 0 Å². The molecule has 0 heterocycles. The van der Waals surface area contributed by atoms with Crippen LogP contribution in [-0.4, -0.2) is 6.61 Å². The van der Waals surface area contributed by atoms with Crippen LogP contribution in [0.2, 0.25) is 0 Å². The van der Waals surface area contributed by atoms with Crippen molar-refractivity contribution in [2.24, 2.45) is 0 Å². The summed E-state index contributed by atoms with van der Waals surface area (Å²) >= 11 is 3.45. The Morgan fingerprint density at radius 1 is 1.00 bits per heavy atom. The van der Waals surface area contributed by atoms with Crippen LogP contribution in [0.15, 0.2) is 53.0 Å². The molecule has 0 atom stereocenters. The van der Waals surface area contributed by atoms with Crippen LogP contribution in [0.25, 0.3) is 0 Å². The van der Waals surface area contributed by atoms with Gasteiger partial charge >= 0.3 is 0 Å². The minimum atomic E-state index is 0.659. The second-order valence-electron chi connectivity index (χ2n) is 3.77. The molecule has 0 radical (unpaired) electrons. The number of hydrogen-bond acceptors (Lipinski definition) is 2. The summed E-state index contributed by atoms with van der Waals surface area (Å²) in [6.45, 7) is 0.659. The lowest BCUT2D eigenvalue weighted by molar-refractivity contribution is 0.320. The molecule has 2 aromatic carbocycles. The smallest absolute Gasteiger partial charge is 0.133 e. The van der Waals surface area contributed by atoms with Crippen LogP contribution in [0, 0.1) is 0 Å². The van der Waals surface area contributed by atoms with Crippen LogP contribution in [0.1, 0.15) is 5.56 Å². The van der Waals surface area contributed by atoms with Crippen molar-refractivity contribution in [3.8, 4) is 5.75 Å². The largest absolute Gasteiger partial charge is 0.492 e. The summed E-state index contributed by atoms with van der Waals surface area (Å²) in [5.74, 6) is 0.878. The average molecular weight is 292 g/mol. The Balaban J connectivity index is 1.88. The van der Waals surface area contributed by atoms with Crippen molar-refractivity contribution in [2.45, 2.75) is 6.42 Å². The molecule has 2 N–H and O–H groups in total. The van der Waals surface area contributed by atoms with Crippen LogP contribution < -0.4 is 10.5 Å². The Hall–Kier alpha value is -1.48. The molecular formula is C14H14BrNO. The maximum atomic E-state index is 5.69. The highest BCUT2D eigenvalue weighted by Gasteiger charge is 1.99. The number of para-hydroxylation sites is 1. The van der Waals surface area contributed by atoms with Crippen molar-refractivity contribution in [1.82, 2.24) is 0 Å². The second-order valence-corrected chi connectivity index (χ2v) is 4.62. The van der Waals surface area contributed by atoms with Gasteiger partial charge in [0.25, 0.3) is 0 Å². The van der Waals surface area contributed by atoms with E-state index in [0.717, 1.165) is 22.3 Å². The Labute approximate surface area is 110 Å². The van der Waals surface area contributed by atoms with Crippen LogP contribution in [0.5, 0.6) is 5.75 Å². The number of nitrogen functional groups attached to an aromatic ring is 1. The van der Waals surface area contributed by atoms with Gasteiger partial charge in [-0.15, -0.1) is 0 Å². The van der Waals surface area contributed by atoms with E-state index in [1.54, 1.807) is 0 Å². The molecule has 0 aliphatic rings. The molecule has 0 spiro atoms. The third kappa shape index (κ3) is 3.49. The summed E-state index contributed by atoms with van der Waals surface area (Å²) in [6.07, 6.45) is 0.877. The Kier molecular flexibility index (Phi) is 4.04. The van der Waals surface area contributed by atoms with Gasteiger partial charge in [0.2, 0.25) is 0 Å². The summed E-state index contributed by atoms with van der Waals surface area (Å²) < 4.78 is 6.68. The Morgan fingerprint density at radius 3 is 2.41 bits per heavy atom. The predicted octanol–water partition coefficient (Wildman–Crippen LogP) is 3.65. The molecule has 2 rings (SSSR count). The van der Waals surface area contributed by atoms with Crippen LogP contribution in [0.3, 0.4) is 0 Å². The summed E-state index contributed by atoms with van der Waals surface area (Å²) in [4.78, 5) is 0. The highest BCUT2D eigenvalue weighted by atomic mass is 79.9. The molecule has 2 aromatic rings. The van der Waals surface area contributed by atoms with E-state index in [1.165, 1.54) is 5.56 Å². The molecule has 0 bridgehead atoms. The van der Waals surface area contributed by atoms with Gasteiger partial charge in [0.15, 0.2) is 0 Å². The van der Waals surface area contributed by atoms with E-state index < -0.39 is 0 Å². The van der Waals surface area contributed by atoms with Gasteiger partial charge in [0.05, 0.1) is 11.1 Å². The fourth-order valence-corrected chi connectivity index (χ4v) is 1.92. The zero-order valence-electron chi connectivity index (χ0n) is 9.40. The summed E-state index contributed by atoms with van der Waals surface area (Å²) in [5.41, 5.74) is 7.65. The summed E-state index contributed by atoms with van der Waals surface area (Å²) in [6, 6.07) is 15.7. The highest BCUT2D eigenvalue weighted by molar-refractivity contribution is 9.10. The lowest BCUT2D eigenvalue weighted by Crippen LogP contribution is -2.01. The zero-order valence-corrected chi connectivity index (χ0v) is 11.0. The van der Waals surface area contributed by atoms with E-state index in [4.69, 9.17) is 10.5 Å². The number of benzene rings is 2. The first kappa shape index (κ1) is 12.0. The minimum Gasteiger partial charge on any atom is -0.492 e. The van der Waals surface area contributed by atoms with Gasteiger partial charge in [-0.1, -0.05) is 24.3 Å². The summed E-state index contributed by atoms with van der Waals surface area (Å²) in [7, 11) is 0. The van der Waals surface area contributed by atoms with Crippen molar-refractivity contribution in [1.29, 1.82) is 0 Å². The molecule has 3 heteroatoms. The quantitative estimate of drug-likeness (QED) is 0.873. The number of ether oxygens (including phenoxy) is 1. The third-order valence-electron chi connectivity index (χ3n) is 2.46. The van der Waals surface area contributed by atoms with Crippen molar-refractivity contribution in [3.05, 3.63) is 58.6 Å². The average Bonchev–Trinajstić information content (AvgIpc) is 2.34. The van der Waals surface area contributed by atoms with E-state index in [-0.39, 0.29) is 0 Å². The monoisotopic (exact) mass is 291 g/mol. The molecule has 0 aromatic heterocycles. The minimum absolute atomic E-state index is 0.659. The molecule has 0 saturated heterocycles. The van der Waals surface area contributed by atoms with Crippen LogP contribution in [0.4, 0.5) is 5.69 Å².